The summed E-state index contributed by atoms with van der Waals surface area (Å²) in [5.74, 6) is 2.32. The Morgan fingerprint density at radius 3 is 2.40 bits per heavy atom. The Labute approximate surface area is 190 Å². The Morgan fingerprint density at radius 2 is 1.87 bits per heavy atom. The van der Waals surface area contributed by atoms with Crippen LogP contribution in [-0.2, 0) is 6.18 Å². The van der Waals surface area contributed by atoms with Crippen molar-refractivity contribution in [3.05, 3.63) is 53.5 Å². The summed E-state index contributed by atoms with van der Waals surface area (Å²) in [4.78, 5) is 4.32. The van der Waals surface area contributed by atoms with Crippen LogP contribution < -0.4 is 15.4 Å². The third kappa shape index (κ3) is 8.42. The second kappa shape index (κ2) is 12.0. The lowest BCUT2D eigenvalue weighted by Crippen LogP contribution is -2.39. The summed E-state index contributed by atoms with van der Waals surface area (Å²) in [5, 5.41) is 16.3. The highest BCUT2D eigenvalue weighted by atomic mass is 127. The summed E-state index contributed by atoms with van der Waals surface area (Å²) < 4.78 is 48.6. The zero-order valence-electron chi connectivity index (χ0n) is 17.0. The lowest BCUT2D eigenvalue weighted by Gasteiger charge is -2.17. The minimum atomic E-state index is -4.39. The quantitative estimate of drug-likeness (QED) is 0.264. The normalized spacial score (nSPS) is 13.9. The number of rotatable bonds is 8. The van der Waals surface area contributed by atoms with Crippen molar-refractivity contribution in [2.75, 3.05) is 19.7 Å². The average Bonchev–Trinajstić information content (AvgIpc) is 3.11. The molecular formula is C20H27F3IN3O3. The van der Waals surface area contributed by atoms with Gasteiger partial charge in [0, 0.05) is 6.54 Å². The molecule has 6 nitrogen and oxygen atoms in total. The van der Waals surface area contributed by atoms with E-state index in [0.29, 0.717) is 12.5 Å². The fourth-order valence-electron chi connectivity index (χ4n) is 2.46. The number of nitrogens with zero attached hydrogens (tertiary/aromatic N) is 1. The zero-order chi connectivity index (χ0) is 21.4. The molecule has 0 aliphatic carbocycles. The van der Waals surface area contributed by atoms with Gasteiger partial charge in [0.05, 0.1) is 18.2 Å². The highest BCUT2D eigenvalue weighted by Crippen LogP contribution is 2.30. The van der Waals surface area contributed by atoms with E-state index in [0.717, 1.165) is 23.7 Å². The summed E-state index contributed by atoms with van der Waals surface area (Å²) >= 11 is 0. The Balaban J connectivity index is 0.00000450. The molecular weight excluding hydrogens is 514 g/mol. The molecule has 2 unspecified atom stereocenters. The number of benzene rings is 1. The van der Waals surface area contributed by atoms with E-state index in [1.807, 2.05) is 32.9 Å². The lowest BCUT2D eigenvalue weighted by atomic mass is 10.2. The van der Waals surface area contributed by atoms with Crippen molar-refractivity contribution in [1.82, 2.24) is 10.6 Å². The van der Waals surface area contributed by atoms with E-state index in [4.69, 9.17) is 9.15 Å². The molecule has 0 amide bonds. The maximum atomic E-state index is 12.6. The van der Waals surface area contributed by atoms with Crippen molar-refractivity contribution in [3.8, 4) is 5.75 Å². The number of guanidine groups is 1. The first kappa shape index (κ1) is 26.1. The Kier molecular flexibility index (Phi) is 10.5. The topological polar surface area (TPSA) is 79.0 Å². The number of hydrogen-bond acceptors (Lipinski definition) is 4. The van der Waals surface area contributed by atoms with Gasteiger partial charge in [-0.15, -0.1) is 24.0 Å². The van der Waals surface area contributed by atoms with E-state index in [-0.39, 0.29) is 48.9 Å². The SMILES string of the molecule is CCNC(=NCC(O)COc1ccc(C(F)(F)F)cc1)NC(C)c1ccc(C)o1.I. The standard InChI is InChI=1S/C20H26F3N3O3.HI/c1-4-24-19(26-14(3)18-10-5-13(2)29-18)25-11-16(27)12-28-17-8-6-15(7-9-17)20(21,22)23;/h5-10,14,16,27H,4,11-12H2,1-3H3,(H2,24,25,26);1H. The predicted octanol–water partition coefficient (Wildman–Crippen LogP) is 4.28. The number of furan rings is 1. The molecule has 0 saturated carbocycles. The minimum absolute atomic E-state index is 0. The number of nitrogens with one attached hydrogen (secondary N) is 2. The van der Waals surface area contributed by atoms with Gasteiger partial charge in [-0.05, 0) is 57.2 Å². The van der Waals surface area contributed by atoms with Crippen LogP contribution in [-0.4, -0.2) is 36.9 Å². The highest BCUT2D eigenvalue weighted by Gasteiger charge is 2.30. The molecule has 2 rings (SSSR count). The van der Waals surface area contributed by atoms with Crippen LogP contribution in [0.25, 0.3) is 0 Å². The van der Waals surface area contributed by atoms with Gasteiger partial charge in [0.25, 0.3) is 0 Å². The van der Waals surface area contributed by atoms with Gasteiger partial charge in [-0.2, -0.15) is 13.2 Å². The van der Waals surface area contributed by atoms with E-state index in [1.54, 1.807) is 0 Å². The van der Waals surface area contributed by atoms with Crippen molar-refractivity contribution >= 4 is 29.9 Å². The summed E-state index contributed by atoms with van der Waals surface area (Å²) in [6.45, 7) is 6.30. The first-order chi connectivity index (χ1) is 13.7. The summed E-state index contributed by atoms with van der Waals surface area (Å²) in [5.41, 5.74) is -0.753. The molecule has 3 N–H and O–H groups in total. The van der Waals surface area contributed by atoms with Gasteiger partial charge in [0.2, 0.25) is 0 Å². The molecule has 0 fully saturated rings. The monoisotopic (exact) mass is 541 g/mol. The molecule has 1 aromatic heterocycles. The van der Waals surface area contributed by atoms with Gasteiger partial charge in [-0.1, -0.05) is 0 Å². The highest BCUT2D eigenvalue weighted by molar-refractivity contribution is 14.0. The van der Waals surface area contributed by atoms with E-state index >= 15 is 0 Å². The Morgan fingerprint density at radius 1 is 1.20 bits per heavy atom. The van der Waals surface area contributed by atoms with E-state index in [2.05, 4.69) is 15.6 Å². The number of aryl methyl sites for hydroxylation is 1. The molecule has 0 radical (unpaired) electrons. The number of alkyl halides is 3. The number of aliphatic hydroxyl groups is 1. The Bertz CT molecular complexity index is 795. The predicted molar refractivity (Wildman–Crippen MR) is 119 cm³/mol. The third-order valence-corrected chi connectivity index (χ3v) is 3.97. The smallest absolute Gasteiger partial charge is 0.416 e. The largest absolute Gasteiger partial charge is 0.491 e. The number of hydrogen-bond donors (Lipinski definition) is 3. The molecule has 0 spiro atoms. The fraction of sp³-hybridized carbons (Fsp3) is 0.450. The van der Waals surface area contributed by atoms with Crippen molar-refractivity contribution in [2.24, 2.45) is 4.99 Å². The number of aliphatic imine (C=N–C) groups is 1. The summed E-state index contributed by atoms with van der Waals surface area (Å²) in [7, 11) is 0. The van der Waals surface area contributed by atoms with Crippen LogP contribution in [0.5, 0.6) is 5.75 Å². The summed E-state index contributed by atoms with van der Waals surface area (Å²) in [6.07, 6.45) is -5.32. The van der Waals surface area contributed by atoms with Crippen LogP contribution in [0.1, 0.15) is 37.0 Å². The molecule has 0 aliphatic rings. The molecule has 0 aliphatic heterocycles. The van der Waals surface area contributed by atoms with Gasteiger partial charge in [0.1, 0.15) is 30.0 Å². The minimum Gasteiger partial charge on any atom is -0.491 e. The van der Waals surface area contributed by atoms with Crippen molar-refractivity contribution in [3.63, 3.8) is 0 Å². The summed E-state index contributed by atoms with van der Waals surface area (Å²) in [6, 6.07) is 7.94. The third-order valence-electron chi connectivity index (χ3n) is 3.97. The Hall–Kier alpha value is -1.95. The molecule has 2 atom stereocenters. The zero-order valence-corrected chi connectivity index (χ0v) is 19.3. The molecule has 30 heavy (non-hydrogen) atoms. The number of aliphatic hydroxyl groups excluding tert-OH is 1. The van der Waals surface area contributed by atoms with Crippen molar-refractivity contribution < 1.29 is 27.4 Å². The lowest BCUT2D eigenvalue weighted by molar-refractivity contribution is -0.137. The van der Waals surface area contributed by atoms with Gasteiger partial charge in [-0.3, -0.25) is 4.99 Å². The number of ether oxygens (including phenoxy) is 1. The van der Waals surface area contributed by atoms with Gasteiger partial charge in [0.15, 0.2) is 5.96 Å². The molecule has 10 heteroatoms. The van der Waals surface area contributed by atoms with Crippen LogP contribution in [0.3, 0.4) is 0 Å². The molecule has 0 saturated heterocycles. The van der Waals surface area contributed by atoms with Crippen LogP contribution in [0, 0.1) is 6.92 Å². The second-order valence-corrected chi connectivity index (χ2v) is 6.52. The molecule has 1 aromatic carbocycles. The maximum Gasteiger partial charge on any atom is 0.416 e. The van der Waals surface area contributed by atoms with E-state index < -0.39 is 17.8 Å². The first-order valence-corrected chi connectivity index (χ1v) is 9.28. The van der Waals surface area contributed by atoms with Crippen LogP contribution in [0.4, 0.5) is 13.2 Å². The molecule has 2 aromatic rings. The van der Waals surface area contributed by atoms with Crippen LogP contribution in [0.15, 0.2) is 45.8 Å². The first-order valence-electron chi connectivity index (χ1n) is 9.28. The second-order valence-electron chi connectivity index (χ2n) is 6.52. The molecule has 168 valence electrons. The average molecular weight is 541 g/mol. The van der Waals surface area contributed by atoms with E-state index in [9.17, 15) is 18.3 Å². The van der Waals surface area contributed by atoms with Gasteiger partial charge >= 0.3 is 6.18 Å². The van der Waals surface area contributed by atoms with Crippen LogP contribution in [0.2, 0.25) is 0 Å². The fourth-order valence-corrected chi connectivity index (χ4v) is 2.46. The van der Waals surface area contributed by atoms with Crippen molar-refractivity contribution in [1.29, 1.82) is 0 Å². The molecule has 0 bridgehead atoms. The van der Waals surface area contributed by atoms with Crippen molar-refractivity contribution in [2.45, 2.75) is 39.1 Å². The van der Waals surface area contributed by atoms with Crippen LogP contribution >= 0.6 is 24.0 Å². The van der Waals surface area contributed by atoms with E-state index in [1.165, 1.54) is 12.1 Å². The maximum absolute atomic E-state index is 12.6. The van der Waals surface area contributed by atoms with Gasteiger partial charge in [-0.25, -0.2) is 0 Å². The number of halogens is 4. The van der Waals surface area contributed by atoms with Gasteiger partial charge < -0.3 is 24.9 Å². The molecule has 1 heterocycles.